The molecule has 76 valence electrons. The molecule has 0 aromatic heterocycles. The van der Waals surface area contributed by atoms with Crippen molar-refractivity contribution in [1.82, 2.24) is 0 Å². The smallest absolute Gasteiger partial charge is 0.333 e. The quantitative estimate of drug-likeness (QED) is 0.305. The molecule has 13 heavy (non-hydrogen) atoms. The lowest BCUT2D eigenvalue weighted by Gasteiger charge is -2.02. The first-order chi connectivity index (χ1) is 5.83. The third-order valence-electron chi connectivity index (χ3n) is 1.11. The average Bonchev–Trinajstić information content (AvgIpc) is 1.95. The van der Waals surface area contributed by atoms with Gasteiger partial charge in [-0.15, -0.1) is 0 Å². The SMILES string of the molecule is C=C(C)C(=O)OCCCS(=O)(=O)Cl. The highest BCUT2D eigenvalue weighted by Crippen LogP contribution is 2.00. The molecule has 0 spiro atoms. The monoisotopic (exact) mass is 226 g/mol. The number of ether oxygens (including phenoxy) is 1. The van der Waals surface area contributed by atoms with Crippen LogP contribution in [0.1, 0.15) is 13.3 Å². The summed E-state index contributed by atoms with van der Waals surface area (Å²) in [6.07, 6.45) is 0.199. The van der Waals surface area contributed by atoms with Crippen molar-refractivity contribution >= 4 is 25.7 Å². The van der Waals surface area contributed by atoms with Gasteiger partial charge in [0.15, 0.2) is 0 Å². The van der Waals surface area contributed by atoms with Crippen LogP contribution in [0.3, 0.4) is 0 Å². The van der Waals surface area contributed by atoms with Gasteiger partial charge in [0.1, 0.15) is 0 Å². The minimum atomic E-state index is -3.48. The highest BCUT2D eigenvalue weighted by atomic mass is 35.7. The van der Waals surface area contributed by atoms with Gasteiger partial charge < -0.3 is 4.74 Å². The highest BCUT2D eigenvalue weighted by Gasteiger charge is 2.06. The van der Waals surface area contributed by atoms with E-state index in [4.69, 9.17) is 10.7 Å². The van der Waals surface area contributed by atoms with Gasteiger partial charge in [0.2, 0.25) is 9.05 Å². The third kappa shape index (κ3) is 7.80. The zero-order chi connectivity index (χ0) is 10.5. The Morgan fingerprint density at radius 1 is 1.54 bits per heavy atom. The van der Waals surface area contributed by atoms with Crippen molar-refractivity contribution in [3.8, 4) is 0 Å². The molecule has 0 rings (SSSR count). The number of hydrogen-bond acceptors (Lipinski definition) is 4. The summed E-state index contributed by atoms with van der Waals surface area (Å²) in [7, 11) is 1.44. The standard InChI is InChI=1S/C7H11ClO4S/c1-6(2)7(9)12-4-3-5-13(8,10)11/h1,3-5H2,2H3. The molecule has 0 aliphatic rings. The molecule has 0 atom stereocenters. The molecule has 0 saturated carbocycles. The van der Waals surface area contributed by atoms with Crippen molar-refractivity contribution < 1.29 is 17.9 Å². The van der Waals surface area contributed by atoms with E-state index in [0.717, 1.165) is 0 Å². The summed E-state index contributed by atoms with van der Waals surface area (Å²) in [5, 5.41) is 0. The van der Waals surface area contributed by atoms with Crippen LogP contribution in [0.5, 0.6) is 0 Å². The van der Waals surface area contributed by atoms with Gasteiger partial charge in [-0.2, -0.15) is 0 Å². The Morgan fingerprint density at radius 2 is 2.08 bits per heavy atom. The van der Waals surface area contributed by atoms with E-state index in [0.29, 0.717) is 0 Å². The topological polar surface area (TPSA) is 60.4 Å². The van der Waals surface area contributed by atoms with Crippen molar-refractivity contribution in [3.05, 3.63) is 12.2 Å². The predicted octanol–water partition coefficient (Wildman–Crippen LogP) is 1.06. The van der Waals surface area contributed by atoms with E-state index < -0.39 is 15.0 Å². The lowest BCUT2D eigenvalue weighted by Crippen LogP contribution is -2.09. The maximum atomic E-state index is 10.8. The minimum Gasteiger partial charge on any atom is -0.462 e. The fourth-order valence-electron chi connectivity index (χ4n) is 0.519. The molecule has 4 nitrogen and oxygen atoms in total. The molecule has 0 N–H and O–H groups in total. The second-order valence-corrected chi connectivity index (χ2v) is 5.41. The maximum Gasteiger partial charge on any atom is 0.333 e. The summed E-state index contributed by atoms with van der Waals surface area (Å²) in [5.74, 6) is -0.718. The average molecular weight is 227 g/mol. The molecular weight excluding hydrogens is 216 g/mol. The molecule has 0 aliphatic carbocycles. The molecule has 0 aromatic rings. The first-order valence-electron chi connectivity index (χ1n) is 3.58. The molecule has 0 bridgehead atoms. The summed E-state index contributed by atoms with van der Waals surface area (Å²) in [5.41, 5.74) is 0.286. The highest BCUT2D eigenvalue weighted by molar-refractivity contribution is 8.13. The van der Waals surface area contributed by atoms with E-state index in [1.165, 1.54) is 6.92 Å². The first kappa shape index (κ1) is 12.4. The van der Waals surface area contributed by atoms with E-state index in [-0.39, 0.29) is 24.4 Å². The second-order valence-electron chi connectivity index (χ2n) is 2.51. The molecule has 0 fully saturated rings. The Morgan fingerprint density at radius 3 is 2.46 bits per heavy atom. The Bertz CT molecular complexity index is 294. The van der Waals surface area contributed by atoms with Gasteiger partial charge in [0.25, 0.3) is 0 Å². The Balaban J connectivity index is 3.59. The Labute approximate surface area is 81.9 Å². The lowest BCUT2D eigenvalue weighted by molar-refractivity contribution is -0.138. The van der Waals surface area contributed by atoms with Crippen molar-refractivity contribution in [1.29, 1.82) is 0 Å². The van der Waals surface area contributed by atoms with Gasteiger partial charge in [-0.05, 0) is 13.3 Å². The molecule has 0 aliphatic heterocycles. The van der Waals surface area contributed by atoms with Crippen LogP contribution in [0.2, 0.25) is 0 Å². The Hall–Kier alpha value is -0.550. The summed E-state index contributed by atoms with van der Waals surface area (Å²) in [6.45, 7) is 4.92. The fraction of sp³-hybridized carbons (Fsp3) is 0.571. The number of halogens is 1. The van der Waals surface area contributed by atoms with Gasteiger partial charge in [0.05, 0.1) is 12.4 Å². The number of esters is 1. The van der Waals surface area contributed by atoms with E-state index in [2.05, 4.69) is 11.3 Å². The zero-order valence-electron chi connectivity index (χ0n) is 7.25. The normalized spacial score (nSPS) is 10.9. The van der Waals surface area contributed by atoms with Crippen molar-refractivity contribution in [2.45, 2.75) is 13.3 Å². The number of hydrogen-bond donors (Lipinski definition) is 0. The largest absolute Gasteiger partial charge is 0.462 e. The summed E-state index contributed by atoms with van der Waals surface area (Å²) >= 11 is 0. The van der Waals surface area contributed by atoms with Crippen molar-refractivity contribution in [3.63, 3.8) is 0 Å². The molecule has 0 unspecified atom stereocenters. The van der Waals surface area contributed by atoms with E-state index >= 15 is 0 Å². The summed E-state index contributed by atoms with van der Waals surface area (Å²) in [6, 6.07) is 0. The fourth-order valence-corrected chi connectivity index (χ4v) is 1.31. The lowest BCUT2D eigenvalue weighted by atomic mass is 10.4. The second kappa shape index (κ2) is 5.24. The van der Waals surface area contributed by atoms with Gasteiger partial charge in [0, 0.05) is 16.3 Å². The molecule has 0 amide bonds. The van der Waals surface area contributed by atoms with Gasteiger partial charge >= 0.3 is 5.97 Å². The van der Waals surface area contributed by atoms with Crippen molar-refractivity contribution in [2.24, 2.45) is 0 Å². The van der Waals surface area contributed by atoms with E-state index in [1.54, 1.807) is 0 Å². The molecule has 0 heterocycles. The van der Waals surface area contributed by atoms with Crippen LogP contribution in [-0.2, 0) is 18.6 Å². The van der Waals surface area contributed by atoms with Crippen LogP contribution in [0.15, 0.2) is 12.2 Å². The zero-order valence-corrected chi connectivity index (χ0v) is 8.82. The van der Waals surface area contributed by atoms with Gasteiger partial charge in [-0.25, -0.2) is 13.2 Å². The van der Waals surface area contributed by atoms with Crippen LogP contribution in [0.25, 0.3) is 0 Å². The number of carbonyl (C=O) groups excluding carboxylic acids is 1. The third-order valence-corrected chi connectivity index (χ3v) is 2.35. The molecular formula is C7H11ClO4S. The van der Waals surface area contributed by atoms with E-state index in [1.807, 2.05) is 0 Å². The minimum absolute atomic E-state index is 0.0393. The van der Waals surface area contributed by atoms with Crippen LogP contribution >= 0.6 is 10.7 Å². The van der Waals surface area contributed by atoms with Gasteiger partial charge in [-0.1, -0.05) is 6.58 Å². The molecule has 0 saturated heterocycles. The molecule has 0 aromatic carbocycles. The first-order valence-corrected chi connectivity index (χ1v) is 6.06. The number of carbonyl (C=O) groups is 1. The van der Waals surface area contributed by atoms with Crippen LogP contribution in [0.4, 0.5) is 0 Å². The van der Waals surface area contributed by atoms with Crippen LogP contribution in [0, 0.1) is 0 Å². The van der Waals surface area contributed by atoms with Crippen molar-refractivity contribution in [2.75, 3.05) is 12.4 Å². The predicted molar refractivity (Wildman–Crippen MR) is 50.0 cm³/mol. The van der Waals surface area contributed by atoms with Crippen LogP contribution < -0.4 is 0 Å². The molecule has 6 heteroatoms. The number of rotatable bonds is 5. The summed E-state index contributed by atoms with van der Waals surface area (Å²) in [4.78, 5) is 10.8. The summed E-state index contributed by atoms with van der Waals surface area (Å²) < 4.78 is 25.5. The maximum absolute atomic E-state index is 10.8. The van der Waals surface area contributed by atoms with Gasteiger partial charge in [-0.3, -0.25) is 0 Å². The molecule has 0 radical (unpaired) electrons. The van der Waals surface area contributed by atoms with Crippen LogP contribution in [-0.4, -0.2) is 26.7 Å². The Kier molecular flexibility index (Phi) is 5.02. The van der Waals surface area contributed by atoms with E-state index in [9.17, 15) is 13.2 Å².